The minimum absolute atomic E-state index is 0.361. The fourth-order valence-electron chi connectivity index (χ4n) is 3.04. The molecule has 0 aliphatic carbocycles. The second-order valence-corrected chi connectivity index (χ2v) is 5.60. The second-order valence-electron chi connectivity index (χ2n) is 5.60. The Balaban J connectivity index is 1.90. The lowest BCUT2D eigenvalue weighted by Gasteiger charge is -2.35. The predicted octanol–water partition coefficient (Wildman–Crippen LogP) is 0.974. The van der Waals surface area contributed by atoms with Crippen LogP contribution in [0.25, 0.3) is 0 Å². The number of nitrogens with zero attached hydrogens (tertiary/aromatic N) is 1. The minimum atomic E-state index is -0.547. The quantitative estimate of drug-likeness (QED) is 0.732. The molecule has 0 amide bonds. The zero-order valence-electron chi connectivity index (χ0n) is 10.00. The summed E-state index contributed by atoms with van der Waals surface area (Å²) in [6, 6.07) is 1.02. The maximum atomic E-state index is 10.1. The van der Waals surface area contributed by atoms with E-state index in [0.29, 0.717) is 12.1 Å². The van der Waals surface area contributed by atoms with Crippen LogP contribution < -0.4 is 5.32 Å². The number of nitrogens with one attached hydrogen (secondary N) is 1. The first-order chi connectivity index (χ1) is 7.07. The number of hydrogen-bond acceptors (Lipinski definition) is 3. The Hall–Kier alpha value is -0.120. The van der Waals surface area contributed by atoms with Gasteiger partial charge in [-0.25, -0.2) is 0 Å². The Labute approximate surface area is 92.8 Å². The molecule has 0 saturated carbocycles. The molecule has 2 saturated heterocycles. The van der Waals surface area contributed by atoms with Gasteiger partial charge in [0, 0.05) is 18.6 Å². The summed E-state index contributed by atoms with van der Waals surface area (Å²) in [5.41, 5.74) is -0.547. The Kier molecular flexibility index (Phi) is 3.33. The number of aliphatic hydroxyl groups is 1. The first-order valence-electron chi connectivity index (χ1n) is 6.27. The fourth-order valence-corrected chi connectivity index (χ4v) is 3.04. The van der Waals surface area contributed by atoms with Crippen LogP contribution in [-0.2, 0) is 0 Å². The van der Waals surface area contributed by atoms with Crippen molar-refractivity contribution in [2.24, 2.45) is 0 Å². The van der Waals surface area contributed by atoms with Crippen molar-refractivity contribution in [3.63, 3.8) is 0 Å². The van der Waals surface area contributed by atoms with Gasteiger partial charge < -0.3 is 10.4 Å². The van der Waals surface area contributed by atoms with E-state index in [2.05, 4.69) is 10.2 Å². The fraction of sp³-hybridized carbons (Fsp3) is 1.00. The molecule has 2 fully saturated rings. The Morgan fingerprint density at radius 2 is 2.13 bits per heavy atom. The normalized spacial score (nSPS) is 33.8. The zero-order valence-corrected chi connectivity index (χ0v) is 10.00. The van der Waals surface area contributed by atoms with E-state index in [0.717, 1.165) is 19.5 Å². The van der Waals surface area contributed by atoms with Crippen molar-refractivity contribution in [3.05, 3.63) is 0 Å². The minimum Gasteiger partial charge on any atom is -0.389 e. The zero-order chi connectivity index (χ0) is 10.9. The first-order valence-corrected chi connectivity index (χ1v) is 6.27. The molecular weight excluding hydrogens is 188 g/mol. The molecule has 0 radical (unpaired) electrons. The van der Waals surface area contributed by atoms with Gasteiger partial charge in [-0.05, 0) is 52.6 Å². The van der Waals surface area contributed by atoms with Gasteiger partial charge in [0.1, 0.15) is 0 Å². The molecule has 2 heterocycles. The molecule has 0 bridgehead atoms. The summed E-state index contributed by atoms with van der Waals surface area (Å²) in [5.74, 6) is 0. The van der Waals surface area contributed by atoms with Crippen molar-refractivity contribution < 1.29 is 5.11 Å². The third kappa shape index (κ3) is 2.71. The van der Waals surface area contributed by atoms with Gasteiger partial charge in [0.25, 0.3) is 0 Å². The largest absolute Gasteiger partial charge is 0.389 e. The SMILES string of the molecule is CC(C)(O)C1CCCN1CC1CCCN1. The second kappa shape index (κ2) is 4.40. The molecule has 15 heavy (non-hydrogen) atoms. The van der Waals surface area contributed by atoms with Gasteiger partial charge >= 0.3 is 0 Å². The molecule has 88 valence electrons. The number of hydrogen-bond donors (Lipinski definition) is 2. The Morgan fingerprint density at radius 3 is 2.73 bits per heavy atom. The molecule has 0 aromatic heterocycles. The first kappa shape index (κ1) is 11.4. The van der Waals surface area contributed by atoms with Gasteiger partial charge in [0.15, 0.2) is 0 Å². The van der Waals surface area contributed by atoms with Gasteiger partial charge in [-0.2, -0.15) is 0 Å². The maximum absolute atomic E-state index is 10.1. The van der Waals surface area contributed by atoms with Crippen molar-refractivity contribution >= 4 is 0 Å². The molecule has 2 N–H and O–H groups in total. The molecular formula is C12H24N2O. The molecule has 0 aromatic rings. The van der Waals surface area contributed by atoms with E-state index in [4.69, 9.17) is 0 Å². The molecule has 0 spiro atoms. The van der Waals surface area contributed by atoms with Crippen LogP contribution in [-0.4, -0.2) is 47.3 Å². The van der Waals surface area contributed by atoms with Crippen molar-refractivity contribution in [1.29, 1.82) is 0 Å². The smallest absolute Gasteiger partial charge is 0.0746 e. The van der Waals surface area contributed by atoms with E-state index < -0.39 is 5.60 Å². The highest BCUT2D eigenvalue weighted by Crippen LogP contribution is 2.27. The third-order valence-corrected chi connectivity index (χ3v) is 3.80. The molecule has 2 aliphatic heterocycles. The van der Waals surface area contributed by atoms with Crippen molar-refractivity contribution in [1.82, 2.24) is 10.2 Å². The van der Waals surface area contributed by atoms with Gasteiger partial charge in [-0.15, -0.1) is 0 Å². The Bertz CT molecular complexity index is 206. The highest BCUT2D eigenvalue weighted by atomic mass is 16.3. The maximum Gasteiger partial charge on any atom is 0.0746 e. The van der Waals surface area contributed by atoms with E-state index in [1.165, 1.54) is 25.8 Å². The highest BCUT2D eigenvalue weighted by molar-refractivity contribution is 4.93. The van der Waals surface area contributed by atoms with E-state index in [9.17, 15) is 5.11 Å². The summed E-state index contributed by atoms with van der Waals surface area (Å²) in [5, 5.41) is 13.6. The van der Waals surface area contributed by atoms with Gasteiger partial charge in [0.05, 0.1) is 5.60 Å². The molecule has 2 aliphatic rings. The molecule has 2 rings (SSSR count). The van der Waals surface area contributed by atoms with Gasteiger partial charge in [-0.1, -0.05) is 0 Å². The van der Waals surface area contributed by atoms with Gasteiger partial charge in [-0.3, -0.25) is 4.90 Å². The molecule has 2 atom stereocenters. The molecule has 2 unspecified atom stereocenters. The van der Waals surface area contributed by atoms with Crippen molar-refractivity contribution in [3.8, 4) is 0 Å². The monoisotopic (exact) mass is 212 g/mol. The van der Waals surface area contributed by atoms with Crippen LogP contribution in [0.4, 0.5) is 0 Å². The summed E-state index contributed by atoms with van der Waals surface area (Å²) in [4.78, 5) is 2.48. The Morgan fingerprint density at radius 1 is 1.33 bits per heavy atom. The van der Waals surface area contributed by atoms with E-state index >= 15 is 0 Å². The highest BCUT2D eigenvalue weighted by Gasteiger charge is 2.36. The number of likely N-dealkylation sites (tertiary alicyclic amines) is 1. The van der Waals surface area contributed by atoms with Crippen molar-refractivity contribution in [2.75, 3.05) is 19.6 Å². The number of rotatable bonds is 3. The molecule has 3 heteroatoms. The molecule has 3 nitrogen and oxygen atoms in total. The lowest BCUT2D eigenvalue weighted by Crippen LogP contribution is -2.49. The third-order valence-electron chi connectivity index (χ3n) is 3.80. The summed E-state index contributed by atoms with van der Waals surface area (Å²) in [6.07, 6.45) is 5.00. The van der Waals surface area contributed by atoms with Crippen molar-refractivity contribution in [2.45, 2.75) is 57.2 Å². The van der Waals surface area contributed by atoms with Crippen LogP contribution in [0.5, 0.6) is 0 Å². The standard InChI is InChI=1S/C12H24N2O/c1-12(2,15)11-6-4-8-14(11)9-10-5-3-7-13-10/h10-11,13,15H,3-9H2,1-2H3. The summed E-state index contributed by atoms with van der Waals surface area (Å²) >= 11 is 0. The van der Waals surface area contributed by atoms with Crippen LogP contribution in [0.3, 0.4) is 0 Å². The van der Waals surface area contributed by atoms with Crippen LogP contribution >= 0.6 is 0 Å². The van der Waals surface area contributed by atoms with E-state index in [-0.39, 0.29) is 0 Å². The average Bonchev–Trinajstić information content (AvgIpc) is 2.73. The van der Waals surface area contributed by atoms with Crippen LogP contribution in [0, 0.1) is 0 Å². The van der Waals surface area contributed by atoms with Gasteiger partial charge in [0.2, 0.25) is 0 Å². The van der Waals surface area contributed by atoms with Crippen LogP contribution in [0.2, 0.25) is 0 Å². The van der Waals surface area contributed by atoms with Crippen LogP contribution in [0.15, 0.2) is 0 Å². The summed E-state index contributed by atoms with van der Waals surface area (Å²) in [6.45, 7) is 7.34. The summed E-state index contributed by atoms with van der Waals surface area (Å²) < 4.78 is 0. The van der Waals surface area contributed by atoms with Crippen LogP contribution in [0.1, 0.15) is 39.5 Å². The predicted molar refractivity (Wildman–Crippen MR) is 61.9 cm³/mol. The molecule has 0 aromatic carbocycles. The van der Waals surface area contributed by atoms with E-state index in [1.54, 1.807) is 0 Å². The summed E-state index contributed by atoms with van der Waals surface area (Å²) in [7, 11) is 0. The van der Waals surface area contributed by atoms with E-state index in [1.807, 2.05) is 13.8 Å². The topological polar surface area (TPSA) is 35.5 Å². The lowest BCUT2D eigenvalue weighted by molar-refractivity contribution is -0.00443. The average molecular weight is 212 g/mol. The lowest BCUT2D eigenvalue weighted by atomic mass is 9.96.